The second kappa shape index (κ2) is 10.1. The zero-order valence-electron chi connectivity index (χ0n) is 22.1. The van der Waals surface area contributed by atoms with E-state index in [4.69, 9.17) is 9.97 Å². The summed E-state index contributed by atoms with van der Waals surface area (Å²) in [5.74, 6) is 0.461. The Kier molecular flexibility index (Phi) is 6.01. The third kappa shape index (κ3) is 4.80. The van der Waals surface area contributed by atoms with Crippen LogP contribution in [0.25, 0.3) is 56.1 Å². The predicted molar refractivity (Wildman–Crippen MR) is 159 cm³/mol. The average molecular weight is 537 g/mol. The highest BCUT2D eigenvalue weighted by Gasteiger charge is 2.17. The highest BCUT2D eigenvalue weighted by Crippen LogP contribution is 2.31. The van der Waals surface area contributed by atoms with Gasteiger partial charge in [0.15, 0.2) is 17.2 Å². The number of amides is 1. The van der Waals surface area contributed by atoms with Crippen LogP contribution >= 0.6 is 0 Å². The molecule has 41 heavy (non-hydrogen) atoms. The van der Waals surface area contributed by atoms with Gasteiger partial charge in [-0.1, -0.05) is 60.2 Å². The van der Waals surface area contributed by atoms with Crippen molar-refractivity contribution in [3.8, 4) is 33.9 Å². The molecule has 3 N–H and O–H groups in total. The summed E-state index contributed by atoms with van der Waals surface area (Å²) in [6, 6.07) is 25.6. The predicted octanol–water partition coefficient (Wildman–Crippen LogP) is 6.11. The van der Waals surface area contributed by atoms with E-state index in [0.29, 0.717) is 34.1 Å². The van der Waals surface area contributed by atoms with E-state index in [0.717, 1.165) is 33.3 Å². The number of benzene rings is 2. The molecule has 5 heterocycles. The van der Waals surface area contributed by atoms with Crippen LogP contribution in [-0.4, -0.2) is 41.0 Å². The number of pyridine rings is 3. The summed E-state index contributed by atoms with van der Waals surface area (Å²) in [6.45, 7) is 2.07. The first kappa shape index (κ1) is 24.3. The maximum Gasteiger partial charge on any atom is 0.228 e. The molecule has 0 atom stereocenters. The van der Waals surface area contributed by atoms with E-state index >= 15 is 0 Å². The SMILES string of the molecule is Cc1cccc(-c2ccnc3nc(-c4n[nH]c5ccc(-c6cncc(NC(=O)Cc7ccccc7)c6)nc45)[nH]c23)c1. The molecule has 0 aliphatic carbocycles. The number of nitrogens with zero attached hydrogens (tertiary/aromatic N) is 5. The summed E-state index contributed by atoms with van der Waals surface area (Å²) in [7, 11) is 0. The van der Waals surface area contributed by atoms with Gasteiger partial charge in [0.1, 0.15) is 5.52 Å². The Morgan fingerprint density at radius 3 is 2.68 bits per heavy atom. The van der Waals surface area contributed by atoms with Gasteiger partial charge in [-0.2, -0.15) is 5.10 Å². The minimum Gasteiger partial charge on any atom is -0.335 e. The van der Waals surface area contributed by atoms with E-state index in [2.05, 4.69) is 55.6 Å². The van der Waals surface area contributed by atoms with Crippen LogP contribution in [0.2, 0.25) is 0 Å². The number of H-pyrrole nitrogens is 2. The van der Waals surface area contributed by atoms with Crippen LogP contribution in [0.1, 0.15) is 11.1 Å². The Morgan fingerprint density at radius 2 is 1.80 bits per heavy atom. The van der Waals surface area contributed by atoms with E-state index < -0.39 is 0 Å². The van der Waals surface area contributed by atoms with Crippen LogP contribution in [0.5, 0.6) is 0 Å². The van der Waals surface area contributed by atoms with Gasteiger partial charge >= 0.3 is 0 Å². The Morgan fingerprint density at radius 1 is 0.902 bits per heavy atom. The van der Waals surface area contributed by atoms with Crippen molar-refractivity contribution in [2.45, 2.75) is 13.3 Å². The molecule has 0 saturated carbocycles. The molecule has 0 spiro atoms. The molecule has 2 aromatic carbocycles. The molecule has 1 amide bonds. The average Bonchev–Trinajstić information content (AvgIpc) is 3.61. The fourth-order valence-corrected chi connectivity index (χ4v) is 4.94. The van der Waals surface area contributed by atoms with Crippen molar-refractivity contribution in [3.05, 3.63) is 109 Å². The number of hydrogen-bond donors (Lipinski definition) is 3. The first-order valence-electron chi connectivity index (χ1n) is 13.2. The number of carbonyl (C=O) groups is 1. The van der Waals surface area contributed by atoms with E-state index in [1.165, 1.54) is 5.56 Å². The van der Waals surface area contributed by atoms with E-state index in [1.807, 2.05) is 60.7 Å². The number of aromatic nitrogens is 7. The topological polar surface area (TPSA) is 125 Å². The van der Waals surface area contributed by atoms with Gasteiger partial charge in [-0.05, 0) is 42.3 Å². The van der Waals surface area contributed by atoms with Gasteiger partial charge in [0.2, 0.25) is 5.91 Å². The molecule has 0 aliphatic rings. The lowest BCUT2D eigenvalue weighted by Gasteiger charge is -2.07. The quantitative estimate of drug-likeness (QED) is 0.235. The zero-order valence-corrected chi connectivity index (χ0v) is 22.1. The lowest BCUT2D eigenvalue weighted by molar-refractivity contribution is -0.115. The second-order valence-corrected chi connectivity index (χ2v) is 9.85. The fraction of sp³-hybridized carbons (Fsp3) is 0.0625. The van der Waals surface area contributed by atoms with Gasteiger partial charge in [-0.15, -0.1) is 0 Å². The Bertz CT molecular complexity index is 2040. The number of imidazole rings is 1. The van der Waals surface area contributed by atoms with E-state index in [9.17, 15) is 4.79 Å². The number of fused-ring (bicyclic) bond motifs is 2. The maximum absolute atomic E-state index is 12.6. The molecular weight excluding hydrogens is 512 g/mol. The fourth-order valence-electron chi connectivity index (χ4n) is 4.94. The Labute approximate surface area is 234 Å². The lowest BCUT2D eigenvalue weighted by atomic mass is 10.0. The molecule has 0 saturated heterocycles. The number of hydrogen-bond acceptors (Lipinski definition) is 6. The molecule has 198 valence electrons. The van der Waals surface area contributed by atoms with Crippen molar-refractivity contribution in [1.82, 2.24) is 35.1 Å². The van der Waals surface area contributed by atoms with Gasteiger partial charge < -0.3 is 10.3 Å². The first-order chi connectivity index (χ1) is 20.1. The van der Waals surface area contributed by atoms with Crippen molar-refractivity contribution in [2.75, 3.05) is 5.32 Å². The van der Waals surface area contributed by atoms with Crippen molar-refractivity contribution in [1.29, 1.82) is 0 Å². The van der Waals surface area contributed by atoms with Crippen LogP contribution in [0.4, 0.5) is 5.69 Å². The summed E-state index contributed by atoms with van der Waals surface area (Å²) in [6.07, 6.45) is 5.40. The molecular formula is C32H24N8O. The van der Waals surface area contributed by atoms with Crippen LogP contribution in [0.3, 0.4) is 0 Å². The zero-order chi connectivity index (χ0) is 27.8. The number of carbonyl (C=O) groups excluding carboxylic acids is 1. The normalized spacial score (nSPS) is 11.2. The van der Waals surface area contributed by atoms with Crippen molar-refractivity contribution in [2.24, 2.45) is 0 Å². The highest BCUT2D eigenvalue weighted by atomic mass is 16.1. The summed E-state index contributed by atoms with van der Waals surface area (Å²) in [5, 5.41) is 10.5. The van der Waals surface area contributed by atoms with Gasteiger partial charge in [-0.3, -0.25) is 14.9 Å². The maximum atomic E-state index is 12.6. The summed E-state index contributed by atoms with van der Waals surface area (Å²) in [4.78, 5) is 34.5. The molecule has 9 heteroatoms. The highest BCUT2D eigenvalue weighted by molar-refractivity contribution is 5.95. The molecule has 9 nitrogen and oxygen atoms in total. The second-order valence-electron chi connectivity index (χ2n) is 9.85. The standard InChI is InChI=1S/C32H24N8O/c1-19-6-5-9-21(14-19)24-12-13-34-31-28(24)37-32(38-31)30-29-26(39-40-30)11-10-25(36-29)22-16-23(18-33-17-22)35-27(41)15-20-7-3-2-4-8-20/h2-14,16-18H,15H2,1H3,(H,35,41)(H,39,40)(H,34,37,38). The minimum atomic E-state index is -0.112. The molecule has 5 aromatic heterocycles. The van der Waals surface area contributed by atoms with Gasteiger partial charge in [0, 0.05) is 23.5 Å². The number of aromatic amines is 2. The minimum absolute atomic E-state index is 0.112. The number of aryl methyl sites for hydroxylation is 1. The first-order valence-corrected chi connectivity index (χ1v) is 13.2. The Balaban J connectivity index is 1.21. The molecule has 0 bridgehead atoms. The summed E-state index contributed by atoms with van der Waals surface area (Å²) >= 11 is 0. The molecule has 0 unspecified atom stereocenters. The van der Waals surface area contributed by atoms with Crippen molar-refractivity contribution < 1.29 is 4.79 Å². The molecule has 7 rings (SSSR count). The number of rotatable bonds is 6. The van der Waals surface area contributed by atoms with Gasteiger partial charge in [-0.25, -0.2) is 15.0 Å². The summed E-state index contributed by atoms with van der Waals surface area (Å²) in [5.41, 5.74) is 9.76. The van der Waals surface area contributed by atoms with Gasteiger partial charge in [0.05, 0.1) is 35.0 Å². The largest absolute Gasteiger partial charge is 0.335 e. The van der Waals surface area contributed by atoms with Gasteiger partial charge in [0.25, 0.3) is 0 Å². The molecule has 7 aromatic rings. The lowest BCUT2D eigenvalue weighted by Crippen LogP contribution is -2.14. The molecule has 0 fully saturated rings. The monoisotopic (exact) mass is 536 g/mol. The smallest absolute Gasteiger partial charge is 0.228 e. The Hall–Kier alpha value is -5.70. The summed E-state index contributed by atoms with van der Waals surface area (Å²) < 4.78 is 0. The van der Waals surface area contributed by atoms with Crippen LogP contribution in [-0.2, 0) is 11.2 Å². The van der Waals surface area contributed by atoms with Crippen LogP contribution in [0, 0.1) is 6.92 Å². The third-order valence-corrected chi connectivity index (χ3v) is 6.88. The van der Waals surface area contributed by atoms with E-state index in [-0.39, 0.29) is 12.3 Å². The molecule has 0 radical (unpaired) electrons. The van der Waals surface area contributed by atoms with Crippen LogP contribution in [0.15, 0.2) is 97.5 Å². The third-order valence-electron chi connectivity index (χ3n) is 6.88. The molecule has 0 aliphatic heterocycles. The number of nitrogens with one attached hydrogen (secondary N) is 3. The van der Waals surface area contributed by atoms with E-state index in [1.54, 1.807) is 18.6 Å². The number of anilines is 1. The van der Waals surface area contributed by atoms with Crippen molar-refractivity contribution in [3.63, 3.8) is 0 Å². The van der Waals surface area contributed by atoms with Crippen molar-refractivity contribution >= 4 is 33.8 Å². The van der Waals surface area contributed by atoms with Crippen LogP contribution < -0.4 is 5.32 Å².